The molecule has 42 heavy (non-hydrogen) atoms. The summed E-state index contributed by atoms with van der Waals surface area (Å²) >= 11 is 0. The molecule has 0 radical (unpaired) electrons. The van der Waals surface area contributed by atoms with Crippen molar-refractivity contribution in [2.24, 2.45) is 11.8 Å². The number of benzene rings is 2. The molecule has 0 bridgehead atoms. The van der Waals surface area contributed by atoms with Crippen LogP contribution in [-0.4, -0.2) is 84.9 Å². The number of carbonyl (C=O) groups is 2. The van der Waals surface area contributed by atoms with E-state index in [4.69, 9.17) is 9.47 Å². The van der Waals surface area contributed by atoms with Gasteiger partial charge in [-0.15, -0.1) is 0 Å². The Morgan fingerprint density at radius 1 is 1.10 bits per heavy atom. The minimum absolute atomic E-state index is 0.0327. The van der Waals surface area contributed by atoms with Gasteiger partial charge in [-0.1, -0.05) is 37.3 Å². The van der Waals surface area contributed by atoms with Gasteiger partial charge < -0.3 is 29.7 Å². The highest BCUT2D eigenvalue weighted by atomic mass is 16.5. The lowest BCUT2D eigenvalue weighted by Gasteiger charge is -2.36. The molecule has 0 unspecified atom stereocenters. The maximum atomic E-state index is 14.2. The summed E-state index contributed by atoms with van der Waals surface area (Å²) in [5.41, 5.74) is 1.83. The first-order valence-corrected chi connectivity index (χ1v) is 15.6. The molecule has 1 saturated carbocycles. The normalized spacial score (nSPS) is 23.0. The predicted molar refractivity (Wildman–Crippen MR) is 166 cm³/mol. The van der Waals surface area contributed by atoms with Gasteiger partial charge in [-0.3, -0.25) is 9.59 Å². The third kappa shape index (κ3) is 9.54. The fraction of sp³-hybridized carbons (Fsp3) is 0.588. The van der Waals surface area contributed by atoms with Gasteiger partial charge in [0.05, 0.1) is 36.8 Å². The summed E-state index contributed by atoms with van der Waals surface area (Å²) in [5, 5.41) is 13.1. The monoisotopic (exact) mass is 579 g/mol. The number of aliphatic hydroxyl groups excluding tert-OH is 1. The second-order valence-electron chi connectivity index (χ2n) is 12.4. The van der Waals surface area contributed by atoms with E-state index in [1.807, 2.05) is 44.2 Å². The Morgan fingerprint density at radius 3 is 2.57 bits per heavy atom. The van der Waals surface area contributed by atoms with E-state index in [0.717, 1.165) is 43.8 Å². The molecule has 1 aliphatic heterocycles. The molecule has 2 aromatic carbocycles. The molecular weight excluding hydrogens is 530 g/mol. The van der Waals surface area contributed by atoms with E-state index in [1.54, 1.807) is 23.1 Å². The van der Waals surface area contributed by atoms with Crippen molar-refractivity contribution in [3.05, 3.63) is 59.7 Å². The van der Waals surface area contributed by atoms with E-state index < -0.39 is 6.04 Å². The maximum absolute atomic E-state index is 14.2. The number of nitrogens with one attached hydrogen (secondary N) is 1. The zero-order chi connectivity index (χ0) is 30.1. The number of ether oxygens (including phenoxy) is 2. The maximum Gasteiger partial charge on any atom is 0.258 e. The molecule has 4 atom stereocenters. The van der Waals surface area contributed by atoms with Crippen LogP contribution in [0.4, 0.5) is 5.69 Å². The van der Waals surface area contributed by atoms with Crippen molar-refractivity contribution < 1.29 is 24.2 Å². The molecule has 8 nitrogen and oxygen atoms in total. The van der Waals surface area contributed by atoms with Gasteiger partial charge >= 0.3 is 0 Å². The van der Waals surface area contributed by atoms with E-state index in [-0.39, 0.29) is 43.0 Å². The standard InChI is InChI=1S/C34H49N3O5/c1-24-20-37(25(2)23-38)34(40)30-19-29(35-33(39)18-27-11-6-5-7-12-27)15-16-31(30)42-26(3)10-8-9-17-41-32(24)22-36(4)21-28-13-14-28/h5-7,11-12,15-16,19,24-26,28,32,38H,8-10,13-14,17-18,20-23H2,1-4H3,(H,35,39)/t24-,25-,26-,32+/m1/s1. The van der Waals surface area contributed by atoms with Gasteiger partial charge in [0, 0.05) is 37.8 Å². The quantitative estimate of drug-likeness (QED) is 0.434. The Hall–Kier alpha value is -2.94. The highest BCUT2D eigenvalue weighted by Gasteiger charge is 2.31. The van der Waals surface area contributed by atoms with Crippen LogP contribution in [0.5, 0.6) is 5.75 Å². The topological polar surface area (TPSA) is 91.3 Å². The average Bonchev–Trinajstić information content (AvgIpc) is 3.79. The molecule has 230 valence electrons. The predicted octanol–water partition coefficient (Wildman–Crippen LogP) is 5.01. The molecule has 0 saturated heterocycles. The van der Waals surface area contributed by atoms with Crippen molar-refractivity contribution in [3.63, 3.8) is 0 Å². The Kier molecular flexibility index (Phi) is 11.8. The summed E-state index contributed by atoms with van der Waals surface area (Å²) in [6.45, 7) is 8.83. The number of amides is 2. The lowest BCUT2D eigenvalue weighted by Crippen LogP contribution is -2.47. The molecule has 8 heteroatoms. The molecule has 1 heterocycles. The molecular formula is C34H49N3O5. The van der Waals surface area contributed by atoms with Crippen molar-refractivity contribution in [3.8, 4) is 5.75 Å². The van der Waals surface area contributed by atoms with Gasteiger partial charge in [-0.2, -0.15) is 0 Å². The van der Waals surface area contributed by atoms with Crippen LogP contribution < -0.4 is 10.1 Å². The summed E-state index contributed by atoms with van der Waals surface area (Å²) in [7, 11) is 2.15. The molecule has 0 aromatic heterocycles. The molecule has 1 aliphatic carbocycles. The summed E-state index contributed by atoms with van der Waals surface area (Å²) in [6, 6.07) is 14.4. The SMILES string of the molecule is C[C@@H]1CCCCO[C@@H](CN(C)CC2CC2)[C@H](C)CN([C@H](C)CO)C(=O)c2cc(NC(=O)Cc3ccccc3)ccc2O1. The molecule has 4 rings (SSSR count). The molecule has 0 spiro atoms. The van der Waals surface area contributed by atoms with Gasteiger partial charge in [0.25, 0.3) is 5.91 Å². The number of hydrogen-bond donors (Lipinski definition) is 2. The van der Waals surface area contributed by atoms with Crippen LogP contribution in [0, 0.1) is 11.8 Å². The summed E-state index contributed by atoms with van der Waals surface area (Å²) in [4.78, 5) is 31.2. The average molecular weight is 580 g/mol. The van der Waals surface area contributed by atoms with Crippen molar-refractivity contribution in [2.75, 3.05) is 45.2 Å². The minimum Gasteiger partial charge on any atom is -0.490 e. The highest BCUT2D eigenvalue weighted by molar-refractivity contribution is 6.00. The largest absolute Gasteiger partial charge is 0.490 e. The molecule has 2 amide bonds. The first-order valence-electron chi connectivity index (χ1n) is 15.6. The first-order chi connectivity index (χ1) is 20.2. The Morgan fingerprint density at radius 2 is 1.86 bits per heavy atom. The van der Waals surface area contributed by atoms with Crippen molar-refractivity contribution in [2.45, 2.75) is 77.5 Å². The smallest absolute Gasteiger partial charge is 0.258 e. The number of fused-ring (bicyclic) bond motifs is 1. The fourth-order valence-electron chi connectivity index (χ4n) is 5.57. The third-order valence-electron chi connectivity index (χ3n) is 8.30. The molecule has 2 aromatic rings. The van der Waals surface area contributed by atoms with Gasteiger partial charge in [-0.25, -0.2) is 0 Å². The molecule has 2 N–H and O–H groups in total. The number of hydrogen-bond acceptors (Lipinski definition) is 6. The summed E-state index contributed by atoms with van der Waals surface area (Å²) in [5.74, 6) is 0.937. The van der Waals surface area contributed by atoms with Crippen LogP contribution in [0.25, 0.3) is 0 Å². The number of anilines is 1. The molecule has 1 fully saturated rings. The van der Waals surface area contributed by atoms with Gasteiger partial charge in [0.2, 0.25) is 5.91 Å². The van der Waals surface area contributed by atoms with Crippen LogP contribution in [0.1, 0.15) is 68.8 Å². The number of nitrogens with zero attached hydrogens (tertiary/aromatic N) is 2. The second kappa shape index (κ2) is 15.5. The van der Waals surface area contributed by atoms with Crippen LogP contribution in [0.3, 0.4) is 0 Å². The van der Waals surface area contributed by atoms with Crippen molar-refractivity contribution >= 4 is 17.5 Å². The Balaban J connectivity index is 1.59. The number of rotatable bonds is 9. The van der Waals surface area contributed by atoms with Gasteiger partial charge in [-0.05, 0) is 82.7 Å². The van der Waals surface area contributed by atoms with Crippen LogP contribution in [0.2, 0.25) is 0 Å². The number of aliphatic hydroxyl groups is 1. The molecule has 2 aliphatic rings. The Labute approximate surface area is 251 Å². The second-order valence-corrected chi connectivity index (χ2v) is 12.4. The zero-order valence-corrected chi connectivity index (χ0v) is 25.8. The van der Waals surface area contributed by atoms with E-state index in [9.17, 15) is 14.7 Å². The lowest BCUT2D eigenvalue weighted by molar-refractivity contribution is -0.115. The fourth-order valence-corrected chi connectivity index (χ4v) is 5.57. The van der Waals surface area contributed by atoms with Crippen LogP contribution in [-0.2, 0) is 16.0 Å². The van der Waals surface area contributed by atoms with Gasteiger partial charge in [0.15, 0.2) is 0 Å². The van der Waals surface area contributed by atoms with E-state index in [1.165, 1.54) is 12.8 Å². The van der Waals surface area contributed by atoms with Crippen molar-refractivity contribution in [1.82, 2.24) is 9.80 Å². The highest BCUT2D eigenvalue weighted by Crippen LogP contribution is 2.30. The number of carbonyl (C=O) groups excluding carboxylic acids is 2. The minimum atomic E-state index is -0.403. The lowest BCUT2D eigenvalue weighted by atomic mass is 10.0. The zero-order valence-electron chi connectivity index (χ0n) is 25.8. The van der Waals surface area contributed by atoms with E-state index in [0.29, 0.717) is 30.2 Å². The number of likely N-dealkylation sites (N-methyl/N-ethyl adjacent to an activating group) is 1. The van der Waals surface area contributed by atoms with E-state index in [2.05, 4.69) is 24.2 Å². The summed E-state index contributed by atoms with van der Waals surface area (Å²) in [6.07, 6.45) is 5.46. The Bertz CT molecular complexity index is 1160. The summed E-state index contributed by atoms with van der Waals surface area (Å²) < 4.78 is 12.8. The van der Waals surface area contributed by atoms with Gasteiger partial charge in [0.1, 0.15) is 5.75 Å². The van der Waals surface area contributed by atoms with Crippen molar-refractivity contribution in [1.29, 1.82) is 0 Å². The first kappa shape index (κ1) is 32.0. The van der Waals surface area contributed by atoms with E-state index >= 15 is 0 Å². The van der Waals surface area contributed by atoms with Crippen LogP contribution >= 0.6 is 0 Å². The van der Waals surface area contributed by atoms with Crippen LogP contribution in [0.15, 0.2) is 48.5 Å². The third-order valence-corrected chi connectivity index (χ3v) is 8.30.